The molecule has 0 saturated heterocycles. The fourth-order valence-electron chi connectivity index (χ4n) is 0.455. The Balaban J connectivity index is 3.35. The van der Waals surface area contributed by atoms with Crippen molar-refractivity contribution in [2.24, 2.45) is 5.73 Å². The minimum Gasteiger partial charge on any atom is -0.395 e. The molecule has 0 aromatic rings. The average molecular weight is 135 g/mol. The Labute approximate surface area is 54.5 Å². The van der Waals surface area contributed by atoms with Crippen LogP contribution < -0.4 is 5.73 Å². The van der Waals surface area contributed by atoms with Gasteiger partial charge in [-0.3, -0.25) is 0 Å². The fourth-order valence-corrected chi connectivity index (χ4v) is 1.03. The zero-order valence-electron chi connectivity index (χ0n) is 5.29. The summed E-state index contributed by atoms with van der Waals surface area (Å²) in [7, 11) is 0. The molecule has 0 aliphatic carbocycles. The molecule has 0 aromatic heterocycles. The van der Waals surface area contributed by atoms with E-state index < -0.39 is 0 Å². The maximum absolute atomic E-state index is 8.60. The van der Waals surface area contributed by atoms with E-state index in [1.54, 1.807) is 11.8 Å². The molecule has 2 atom stereocenters. The van der Waals surface area contributed by atoms with Gasteiger partial charge in [0, 0.05) is 11.3 Å². The molecule has 0 unspecified atom stereocenters. The van der Waals surface area contributed by atoms with E-state index in [9.17, 15) is 0 Å². The Bertz CT molecular complexity index is 54.4. The van der Waals surface area contributed by atoms with Gasteiger partial charge in [-0.1, -0.05) is 0 Å². The van der Waals surface area contributed by atoms with E-state index in [1.165, 1.54) is 0 Å². The first-order valence-electron chi connectivity index (χ1n) is 2.61. The molecule has 0 saturated carbocycles. The molecule has 3 N–H and O–H groups in total. The van der Waals surface area contributed by atoms with Crippen molar-refractivity contribution < 1.29 is 5.11 Å². The number of hydrogen-bond donors (Lipinski definition) is 2. The third-order valence-electron chi connectivity index (χ3n) is 1.07. The molecule has 0 rings (SSSR count). The molecule has 0 heterocycles. The topological polar surface area (TPSA) is 46.2 Å². The number of aliphatic hydroxyl groups is 1. The second-order valence-electron chi connectivity index (χ2n) is 1.82. The Morgan fingerprint density at radius 3 is 2.25 bits per heavy atom. The molecular weight excluding hydrogens is 122 g/mol. The Morgan fingerprint density at radius 2 is 2.25 bits per heavy atom. The van der Waals surface area contributed by atoms with Crippen LogP contribution >= 0.6 is 11.8 Å². The molecule has 0 fully saturated rings. The van der Waals surface area contributed by atoms with Gasteiger partial charge in [0.05, 0.1) is 6.61 Å². The van der Waals surface area contributed by atoms with Crippen LogP contribution in [0, 0.1) is 0 Å². The number of nitrogens with two attached hydrogens (primary N) is 1. The molecule has 0 aliphatic rings. The summed E-state index contributed by atoms with van der Waals surface area (Å²) in [6.07, 6.45) is 1.95. The first kappa shape index (κ1) is 8.27. The van der Waals surface area contributed by atoms with Gasteiger partial charge in [0.1, 0.15) is 0 Å². The molecule has 0 spiro atoms. The van der Waals surface area contributed by atoms with Crippen LogP contribution in [-0.4, -0.2) is 29.3 Å². The van der Waals surface area contributed by atoms with Crippen molar-refractivity contribution in [2.75, 3.05) is 12.9 Å². The normalized spacial score (nSPS) is 18.0. The van der Waals surface area contributed by atoms with Crippen molar-refractivity contribution >= 4 is 11.8 Å². The number of aliphatic hydroxyl groups excluding tert-OH is 1. The van der Waals surface area contributed by atoms with Gasteiger partial charge in [-0.25, -0.2) is 0 Å². The lowest BCUT2D eigenvalue weighted by molar-refractivity contribution is 0.285. The monoisotopic (exact) mass is 135 g/mol. The summed E-state index contributed by atoms with van der Waals surface area (Å²) in [5.41, 5.74) is 5.48. The minimum absolute atomic E-state index is 0.0926. The van der Waals surface area contributed by atoms with Gasteiger partial charge in [0.15, 0.2) is 0 Å². The summed E-state index contributed by atoms with van der Waals surface area (Å²) in [6.45, 7) is 2.08. The van der Waals surface area contributed by atoms with Crippen LogP contribution in [0.4, 0.5) is 0 Å². The summed E-state index contributed by atoms with van der Waals surface area (Å²) < 4.78 is 0. The lowest BCUT2D eigenvalue weighted by Crippen LogP contribution is -2.31. The van der Waals surface area contributed by atoms with E-state index in [4.69, 9.17) is 10.8 Å². The zero-order valence-corrected chi connectivity index (χ0v) is 6.11. The molecule has 50 valence electrons. The van der Waals surface area contributed by atoms with Gasteiger partial charge in [-0.15, -0.1) is 0 Å². The van der Waals surface area contributed by atoms with Gasteiger partial charge in [0.2, 0.25) is 0 Å². The van der Waals surface area contributed by atoms with Gasteiger partial charge in [0.25, 0.3) is 0 Å². The van der Waals surface area contributed by atoms with Crippen LogP contribution in [-0.2, 0) is 0 Å². The van der Waals surface area contributed by atoms with E-state index in [1.807, 2.05) is 13.2 Å². The minimum atomic E-state index is 0.0926. The smallest absolute Gasteiger partial charge is 0.0564 e. The highest BCUT2D eigenvalue weighted by atomic mass is 32.2. The van der Waals surface area contributed by atoms with E-state index in [-0.39, 0.29) is 17.9 Å². The van der Waals surface area contributed by atoms with Crippen molar-refractivity contribution in [3.63, 3.8) is 0 Å². The van der Waals surface area contributed by atoms with Crippen molar-refractivity contribution in [2.45, 2.75) is 18.2 Å². The highest BCUT2D eigenvalue weighted by Gasteiger charge is 2.08. The van der Waals surface area contributed by atoms with E-state index >= 15 is 0 Å². The molecule has 8 heavy (non-hydrogen) atoms. The van der Waals surface area contributed by atoms with Gasteiger partial charge in [-0.05, 0) is 13.2 Å². The maximum Gasteiger partial charge on any atom is 0.0564 e. The quantitative estimate of drug-likeness (QED) is 0.575. The average Bonchev–Trinajstić information content (AvgIpc) is 1.69. The van der Waals surface area contributed by atoms with Crippen LogP contribution in [0.3, 0.4) is 0 Å². The Hall–Kier alpha value is 0.270. The summed E-state index contributed by atoms with van der Waals surface area (Å²) >= 11 is 1.60. The second-order valence-corrected chi connectivity index (χ2v) is 2.89. The number of hydrogen-bond acceptors (Lipinski definition) is 3. The maximum atomic E-state index is 8.60. The molecule has 3 heteroatoms. The number of thioether (sulfide) groups is 1. The summed E-state index contributed by atoms with van der Waals surface area (Å²) in [5.74, 6) is 0. The molecule has 0 aliphatic heterocycles. The SMILES string of the molecule is CS[C@H](CO)[C@H](C)N. The Morgan fingerprint density at radius 1 is 1.75 bits per heavy atom. The zero-order chi connectivity index (χ0) is 6.57. The van der Waals surface area contributed by atoms with Crippen molar-refractivity contribution in [1.29, 1.82) is 0 Å². The highest BCUT2D eigenvalue weighted by Crippen LogP contribution is 2.07. The largest absolute Gasteiger partial charge is 0.395 e. The predicted octanol–water partition coefficient (Wildman–Crippen LogP) is 0.0575. The summed E-state index contributed by atoms with van der Waals surface area (Å²) in [6, 6.07) is 0.0926. The first-order chi connectivity index (χ1) is 3.72. The van der Waals surface area contributed by atoms with E-state index in [0.29, 0.717) is 0 Å². The van der Waals surface area contributed by atoms with E-state index in [0.717, 1.165) is 0 Å². The second kappa shape index (κ2) is 4.18. The number of rotatable bonds is 3. The van der Waals surface area contributed by atoms with Gasteiger partial charge in [-0.2, -0.15) is 11.8 Å². The lowest BCUT2D eigenvalue weighted by Gasteiger charge is -2.13. The van der Waals surface area contributed by atoms with Crippen LogP contribution in [0.15, 0.2) is 0 Å². The fraction of sp³-hybridized carbons (Fsp3) is 1.00. The summed E-state index contributed by atoms with van der Waals surface area (Å²) in [4.78, 5) is 0. The molecule has 2 nitrogen and oxygen atoms in total. The predicted molar refractivity (Wildman–Crippen MR) is 38.0 cm³/mol. The van der Waals surface area contributed by atoms with Gasteiger partial charge >= 0.3 is 0 Å². The lowest BCUT2D eigenvalue weighted by atomic mass is 10.3. The van der Waals surface area contributed by atoms with Crippen molar-refractivity contribution in [1.82, 2.24) is 0 Å². The van der Waals surface area contributed by atoms with Crippen LogP contribution in [0.25, 0.3) is 0 Å². The van der Waals surface area contributed by atoms with Crippen molar-refractivity contribution in [3.8, 4) is 0 Å². The Kier molecular flexibility index (Phi) is 4.32. The van der Waals surface area contributed by atoms with Crippen LogP contribution in [0.5, 0.6) is 0 Å². The molecule has 0 bridgehead atoms. The van der Waals surface area contributed by atoms with Crippen LogP contribution in [0.2, 0.25) is 0 Å². The first-order valence-corrected chi connectivity index (χ1v) is 3.90. The van der Waals surface area contributed by atoms with Crippen LogP contribution in [0.1, 0.15) is 6.92 Å². The molecule has 0 aromatic carbocycles. The summed E-state index contributed by atoms with van der Waals surface area (Å²) in [5, 5.41) is 8.80. The third-order valence-corrected chi connectivity index (χ3v) is 2.25. The molecule has 0 radical (unpaired) electrons. The molecule has 0 amide bonds. The standard InChI is InChI=1S/C5H13NOS/c1-4(6)5(3-7)8-2/h4-5,7H,3,6H2,1-2H3/t4-,5+/m0/s1. The van der Waals surface area contributed by atoms with Crippen molar-refractivity contribution in [3.05, 3.63) is 0 Å². The highest BCUT2D eigenvalue weighted by molar-refractivity contribution is 7.99. The van der Waals surface area contributed by atoms with Gasteiger partial charge < -0.3 is 10.8 Å². The third kappa shape index (κ3) is 2.55. The molecular formula is C5H13NOS. The van der Waals surface area contributed by atoms with E-state index in [2.05, 4.69) is 0 Å².